The van der Waals surface area contributed by atoms with Crippen molar-refractivity contribution >= 4 is 121 Å². The Hall–Kier alpha value is -10.3. The van der Waals surface area contributed by atoms with Gasteiger partial charge in [0.25, 0.3) is 0 Å². The highest BCUT2D eigenvalue weighted by Crippen LogP contribution is 2.49. The Labute approximate surface area is 916 Å². The van der Waals surface area contributed by atoms with Crippen molar-refractivity contribution in [2.45, 2.75) is 356 Å². The first-order valence-electron chi connectivity index (χ1n) is 53.6. The van der Waals surface area contributed by atoms with Crippen LogP contribution in [-0.4, -0.2) is 0 Å². The van der Waals surface area contributed by atoms with E-state index >= 15 is 0 Å². The van der Waals surface area contributed by atoms with E-state index in [9.17, 15) is 0 Å². The molecule has 147 heavy (non-hydrogen) atoms. The Bertz CT molecular complexity index is 6480. The molecule has 0 aromatic heterocycles. The van der Waals surface area contributed by atoms with E-state index in [2.05, 4.69) is 612 Å². The Morgan fingerprint density at radius 3 is 0.388 bits per heavy atom. The van der Waals surface area contributed by atoms with Gasteiger partial charge in [0, 0.05) is 13.4 Å². The largest absolute Gasteiger partial charge is 0.0561 e. The monoisotopic (exact) mass is 2140 g/mol. The van der Waals surface area contributed by atoms with Gasteiger partial charge in [-0.3, -0.25) is 0 Å². The van der Waals surface area contributed by atoms with E-state index in [1.165, 1.54) is 167 Å². The molecule has 0 nitrogen and oxygen atoms in total. The first-order chi connectivity index (χ1) is 67.6. The summed E-state index contributed by atoms with van der Waals surface area (Å²) in [6.07, 6.45) is 27.9. The summed E-state index contributed by atoms with van der Waals surface area (Å²) >= 11 is 12.5. The Kier molecular flexibility index (Phi) is 32.7. The molecule has 3 heteroatoms. The van der Waals surface area contributed by atoms with Crippen LogP contribution in [0.15, 0.2) is 214 Å². The molecule has 768 valence electrons. The summed E-state index contributed by atoms with van der Waals surface area (Å²) in [7, 11) is 0. The summed E-state index contributed by atoms with van der Waals surface area (Å²) in [4.78, 5) is 0. The lowest BCUT2D eigenvalue weighted by Crippen LogP contribution is -2.19. The maximum atomic E-state index is 4.18. The molecule has 13 aromatic rings. The molecule has 0 bridgehead atoms. The zero-order valence-corrected chi connectivity index (χ0v) is 102. The highest BCUT2D eigenvalue weighted by Gasteiger charge is 2.34. The molecule has 0 unspecified atom stereocenters. The van der Waals surface area contributed by atoms with Crippen molar-refractivity contribution < 1.29 is 0 Å². The molecule has 0 aliphatic heterocycles. The second-order valence-electron chi connectivity index (χ2n) is 54.9. The van der Waals surface area contributed by atoms with Crippen molar-refractivity contribution in [3.63, 3.8) is 0 Å². The fourth-order valence-corrected chi connectivity index (χ4v) is 23.9. The van der Waals surface area contributed by atoms with Crippen molar-refractivity contribution in [2.24, 2.45) is 0 Å². The Morgan fingerprint density at radius 1 is 0.129 bits per heavy atom. The minimum Gasteiger partial charge on any atom is -0.0561 e. The molecule has 0 saturated heterocycles. The van der Waals surface area contributed by atoms with E-state index < -0.39 is 0 Å². The van der Waals surface area contributed by atoms with E-state index in [0.29, 0.717) is 0 Å². The molecule has 0 fully saturated rings. The molecule has 0 N–H and O–H groups in total. The van der Waals surface area contributed by atoms with Crippen molar-refractivity contribution in [2.75, 3.05) is 0 Å². The van der Waals surface area contributed by atoms with Crippen LogP contribution in [0.1, 0.15) is 416 Å². The number of benzene rings is 13. The smallest absolute Gasteiger partial charge is 0.0253 e. The van der Waals surface area contributed by atoms with E-state index in [4.69, 9.17) is 0 Å². The normalized spacial score (nSPS) is 13.4. The number of hydrogen-bond donors (Lipinski definition) is 0. The van der Waals surface area contributed by atoms with Crippen molar-refractivity contribution in [1.82, 2.24) is 0 Å². The minimum atomic E-state index is -0.0763. The second-order valence-corrected chi connectivity index (χ2v) is 57.4. The maximum absolute atomic E-state index is 4.18. The van der Waals surface area contributed by atoms with Gasteiger partial charge in [0.15, 0.2) is 0 Å². The van der Waals surface area contributed by atoms with Crippen LogP contribution in [0.5, 0.6) is 0 Å². The molecule has 0 spiro atoms. The van der Waals surface area contributed by atoms with Crippen LogP contribution in [0.4, 0.5) is 0 Å². The zero-order valence-electron chi connectivity index (χ0n) is 97.6. The third kappa shape index (κ3) is 26.7. The van der Waals surface area contributed by atoms with Gasteiger partial charge in [0.05, 0.1) is 0 Å². The van der Waals surface area contributed by atoms with Crippen molar-refractivity contribution in [3.8, 4) is 66.8 Å². The summed E-state index contributed by atoms with van der Waals surface area (Å²) in [5.41, 5.74) is 51.8. The topological polar surface area (TPSA) is 0 Å². The highest BCUT2D eigenvalue weighted by molar-refractivity contribution is 9.11. The van der Waals surface area contributed by atoms with Crippen LogP contribution in [0, 0.1) is 41.5 Å². The van der Waals surface area contributed by atoms with Gasteiger partial charge in [-0.25, -0.2) is 0 Å². The van der Waals surface area contributed by atoms with Crippen molar-refractivity contribution in [3.05, 3.63) is 381 Å². The highest BCUT2D eigenvalue weighted by atomic mass is 79.9. The molecule has 0 radical (unpaired) electrons. The van der Waals surface area contributed by atoms with Crippen LogP contribution < -0.4 is 0 Å². The SMILES string of the molecule is Cc1c(C(C)(C)C)cc(-c2ccc(/C=C/c3cc(-c4cc(C(C)(C)C)c(C)c(C(C)(C)C)c4)ccc3/C=C/c3cc(/C=C/c4ccc(-c5cc(C(C)(C)C)c(C)c(C(C)(C)C)c5)cc4/C=C/c4ccc(-c5cc(C(C)(C)C)c(C)c(C(C)(C)C)c5)cc4Br)cc(/C=C/c4ccc(-c5cc(C(C)(C)C)c(C)c(C(C)(C)C)c5)cc4/C=C/c4ccc(-c5cc(C(C)(C)C)c(C)c(C(C)(C)C)c5)cc4Br)c3)c(Br)c2)cc1C(C)(C)C. The molecule has 0 amide bonds. The molecule has 0 saturated carbocycles. The molecule has 0 aliphatic carbocycles. The third-order valence-corrected chi connectivity index (χ3v) is 32.2. The van der Waals surface area contributed by atoms with Gasteiger partial charge >= 0.3 is 0 Å². The van der Waals surface area contributed by atoms with Gasteiger partial charge in [0.2, 0.25) is 0 Å². The average Bonchev–Trinajstić information content (AvgIpc) is 0.803. The molecule has 13 aromatic carbocycles. The predicted molar refractivity (Wildman–Crippen MR) is 667 cm³/mol. The lowest BCUT2D eigenvalue weighted by Gasteiger charge is -2.30. The maximum Gasteiger partial charge on any atom is 0.0253 e. The Morgan fingerprint density at radius 2 is 0.252 bits per heavy atom. The molecule has 13 rings (SSSR count). The van der Waals surface area contributed by atoms with Gasteiger partial charge in [-0.1, -0.05) is 516 Å². The van der Waals surface area contributed by atoms with Crippen LogP contribution in [0.2, 0.25) is 0 Å². The van der Waals surface area contributed by atoms with Crippen LogP contribution in [0.3, 0.4) is 0 Å². The fraction of sp³-hybridized carbons (Fsp3) is 0.375. The first kappa shape index (κ1) is 114. The van der Waals surface area contributed by atoms with E-state index in [1.807, 2.05) is 0 Å². The summed E-state index contributed by atoms with van der Waals surface area (Å²) < 4.78 is 3.13. The van der Waals surface area contributed by atoms with E-state index in [1.54, 1.807) is 0 Å². The van der Waals surface area contributed by atoms with Crippen LogP contribution in [-0.2, 0) is 65.0 Å². The van der Waals surface area contributed by atoms with Crippen LogP contribution >= 0.6 is 47.8 Å². The van der Waals surface area contributed by atoms with E-state index in [0.717, 1.165) is 80.2 Å². The summed E-state index contributed by atoms with van der Waals surface area (Å²) in [6, 6.07) is 78.5. The molecule has 0 heterocycles. The molecule has 0 atom stereocenters. The fourth-order valence-electron chi connectivity index (χ4n) is 22.4. The summed E-state index contributed by atoms with van der Waals surface area (Å²) in [5.74, 6) is 0. The third-order valence-electron chi connectivity index (χ3n) is 30.1. The van der Waals surface area contributed by atoms with Crippen molar-refractivity contribution in [1.29, 1.82) is 0 Å². The van der Waals surface area contributed by atoms with Gasteiger partial charge in [-0.2, -0.15) is 0 Å². The lowest BCUT2D eigenvalue weighted by molar-refractivity contribution is 0.561. The van der Waals surface area contributed by atoms with Gasteiger partial charge < -0.3 is 0 Å². The first-order valence-corrected chi connectivity index (χ1v) is 56.0. The second kappa shape index (κ2) is 42.2. The Balaban J connectivity index is 1.02. The van der Waals surface area contributed by atoms with E-state index in [-0.39, 0.29) is 65.0 Å². The number of rotatable bonds is 18. The van der Waals surface area contributed by atoms with Crippen LogP contribution in [0.25, 0.3) is 140 Å². The molecular weight excluding hydrogens is 1970 g/mol. The predicted octanol–water partition coefficient (Wildman–Crippen LogP) is 44.4. The lowest BCUT2D eigenvalue weighted by atomic mass is 9.75. The number of halogens is 3. The van der Waals surface area contributed by atoms with Gasteiger partial charge in [-0.15, -0.1) is 0 Å². The summed E-state index contributed by atoms with van der Waals surface area (Å²) in [6.45, 7) is 98.4. The zero-order chi connectivity index (χ0) is 109. The number of hydrogen-bond acceptors (Lipinski definition) is 0. The molecular formula is C144H171Br3. The standard InChI is InChI=1S/C144H171Br3/c1-88-118(133(7,8)9)73-112(74-119(88)134(10,11)12)106-58-49-97(103(70-106)61-52-100-55-64-109(85-130(100)145)115-79-124(139(25,26)27)91(4)125(80-115)140(28,29)30)46-43-94-67-95(44-47-98-50-59-107(113-75-120(135(13,14)15)89(2)121(76-113)136(16,17)18)71-104(98)62-53-101-56-65-110(86-131(101)146)116-81-126(141(31,32)33)92(5)127(82-116)142(34,35)36)69-96(68-94)45-48-99-51-60-108(114-77-122(137(19,20)21)90(3)123(78-114)138(22,23)24)72-105(99)63-54-102-57-66-111(87-132(102)147)117-83-128(143(37,38)39)93(6)129(84-117)144(40,41)42/h43-87H,1-42H3/b46-43+,47-44+,48-45+,61-52+,62-53+,63-54+. The van der Waals surface area contributed by atoms with Gasteiger partial charge in [0.1, 0.15) is 0 Å². The summed E-state index contributed by atoms with van der Waals surface area (Å²) in [5, 5.41) is 0. The van der Waals surface area contributed by atoms with Gasteiger partial charge in [-0.05, 0) is 395 Å². The minimum absolute atomic E-state index is 0.0257. The quantitative estimate of drug-likeness (QED) is 0.0751. The molecule has 0 aliphatic rings. The average molecular weight is 2140 g/mol.